The van der Waals surface area contributed by atoms with E-state index in [1.807, 2.05) is 13.8 Å². The van der Waals surface area contributed by atoms with E-state index in [1.54, 1.807) is 0 Å². The van der Waals surface area contributed by atoms with E-state index in [0.29, 0.717) is 0 Å². The molecule has 0 aliphatic carbocycles. The number of hydrogen-bond donors (Lipinski definition) is 0. The Kier molecular flexibility index (Phi) is 4.72. The van der Waals surface area contributed by atoms with Crippen LogP contribution in [0.25, 0.3) is 10.8 Å². The van der Waals surface area contributed by atoms with Gasteiger partial charge in [0.1, 0.15) is 0 Å². The fourth-order valence-electron chi connectivity index (χ4n) is 1.82. The molecule has 96 valence electrons. The summed E-state index contributed by atoms with van der Waals surface area (Å²) in [5.41, 5.74) is 2.57. The van der Waals surface area contributed by atoms with Gasteiger partial charge in [-0.2, -0.15) is 0 Å². The van der Waals surface area contributed by atoms with Gasteiger partial charge in [-0.25, -0.2) is 0 Å². The molecular formula is C18H24. The Hall–Kier alpha value is -1.56. The summed E-state index contributed by atoms with van der Waals surface area (Å²) in [6.45, 7) is 14.6. The fourth-order valence-corrected chi connectivity index (χ4v) is 1.82. The number of fused-ring (bicyclic) bond motifs is 1. The molecule has 0 aromatic heterocycles. The smallest absolute Gasteiger partial charge is 0.00998 e. The molecule has 0 atom stereocenters. The van der Waals surface area contributed by atoms with E-state index in [-0.39, 0.29) is 5.41 Å². The average molecular weight is 240 g/mol. The van der Waals surface area contributed by atoms with Crippen LogP contribution in [0.4, 0.5) is 0 Å². The molecule has 18 heavy (non-hydrogen) atoms. The minimum atomic E-state index is 0.0457. The first kappa shape index (κ1) is 14.5. The molecule has 0 aliphatic heterocycles. The Morgan fingerprint density at radius 1 is 0.944 bits per heavy atom. The first-order valence-corrected chi connectivity index (χ1v) is 6.67. The third-order valence-electron chi connectivity index (χ3n) is 3.54. The van der Waals surface area contributed by atoms with Crippen LogP contribution < -0.4 is 0 Å². The zero-order chi connectivity index (χ0) is 13.8. The second kappa shape index (κ2) is 5.86. The van der Waals surface area contributed by atoms with Gasteiger partial charge in [-0.1, -0.05) is 82.3 Å². The van der Waals surface area contributed by atoms with Gasteiger partial charge in [0.15, 0.2) is 0 Å². The standard InChI is InChI=1S/C16H18.C2H6/c1-12(2)16(3,4)15-10-9-13-7-5-6-8-14(13)11-15;1-2/h5-11H,1H2,2-4H3;1-2H3. The third kappa shape index (κ3) is 2.81. The lowest BCUT2D eigenvalue weighted by molar-refractivity contribution is 0.627. The van der Waals surface area contributed by atoms with Crippen molar-refractivity contribution in [2.75, 3.05) is 0 Å². The minimum absolute atomic E-state index is 0.0457. The van der Waals surface area contributed by atoms with Crippen LogP contribution in [0.3, 0.4) is 0 Å². The van der Waals surface area contributed by atoms with Gasteiger partial charge < -0.3 is 0 Å². The predicted molar refractivity (Wildman–Crippen MR) is 83.1 cm³/mol. The zero-order valence-electron chi connectivity index (χ0n) is 12.2. The summed E-state index contributed by atoms with van der Waals surface area (Å²) in [5.74, 6) is 0. The highest BCUT2D eigenvalue weighted by Gasteiger charge is 2.21. The summed E-state index contributed by atoms with van der Waals surface area (Å²) in [7, 11) is 0. The summed E-state index contributed by atoms with van der Waals surface area (Å²) in [6.07, 6.45) is 0. The Balaban J connectivity index is 0.000000771. The molecule has 2 aromatic rings. The highest BCUT2D eigenvalue weighted by Crippen LogP contribution is 2.31. The maximum absolute atomic E-state index is 4.08. The lowest BCUT2D eigenvalue weighted by atomic mass is 9.78. The van der Waals surface area contributed by atoms with E-state index in [0.717, 1.165) is 0 Å². The van der Waals surface area contributed by atoms with Crippen LogP contribution in [0, 0.1) is 0 Å². The molecule has 0 heterocycles. The summed E-state index contributed by atoms with van der Waals surface area (Å²) in [5, 5.41) is 2.60. The molecule has 0 radical (unpaired) electrons. The van der Waals surface area contributed by atoms with Crippen LogP contribution in [-0.2, 0) is 5.41 Å². The van der Waals surface area contributed by atoms with Crippen LogP contribution in [0.1, 0.15) is 40.2 Å². The third-order valence-corrected chi connectivity index (χ3v) is 3.54. The van der Waals surface area contributed by atoms with E-state index >= 15 is 0 Å². The van der Waals surface area contributed by atoms with Crippen molar-refractivity contribution in [2.24, 2.45) is 0 Å². The molecule has 0 bridgehead atoms. The SMILES string of the molecule is C=C(C)C(C)(C)c1ccc2ccccc2c1.CC. The van der Waals surface area contributed by atoms with Gasteiger partial charge in [0, 0.05) is 5.41 Å². The van der Waals surface area contributed by atoms with Crippen molar-refractivity contribution in [2.45, 2.75) is 40.0 Å². The van der Waals surface area contributed by atoms with Gasteiger partial charge in [0.2, 0.25) is 0 Å². The van der Waals surface area contributed by atoms with Gasteiger partial charge in [-0.3, -0.25) is 0 Å². The summed E-state index contributed by atoms with van der Waals surface area (Å²) in [4.78, 5) is 0. The van der Waals surface area contributed by atoms with Crippen LogP contribution in [0.2, 0.25) is 0 Å². The molecule has 2 rings (SSSR count). The quantitative estimate of drug-likeness (QED) is 0.589. The highest BCUT2D eigenvalue weighted by atomic mass is 14.2. The van der Waals surface area contributed by atoms with Crippen LogP contribution in [0.15, 0.2) is 54.6 Å². The number of hydrogen-bond acceptors (Lipinski definition) is 0. The molecule has 0 saturated carbocycles. The second-order valence-corrected chi connectivity index (χ2v) is 4.97. The molecule has 0 spiro atoms. The number of rotatable bonds is 2. The lowest BCUT2D eigenvalue weighted by Gasteiger charge is -2.26. The largest absolute Gasteiger partial charge is 0.0993 e. The first-order chi connectivity index (χ1) is 8.51. The van der Waals surface area contributed by atoms with Crippen LogP contribution >= 0.6 is 0 Å². The Morgan fingerprint density at radius 3 is 2.06 bits per heavy atom. The highest BCUT2D eigenvalue weighted by molar-refractivity contribution is 5.83. The van der Waals surface area contributed by atoms with Crippen molar-refractivity contribution >= 4 is 10.8 Å². The molecular weight excluding hydrogens is 216 g/mol. The zero-order valence-corrected chi connectivity index (χ0v) is 12.2. The van der Waals surface area contributed by atoms with E-state index in [4.69, 9.17) is 0 Å². The summed E-state index contributed by atoms with van der Waals surface area (Å²) < 4.78 is 0. The molecule has 0 unspecified atom stereocenters. The van der Waals surface area contributed by atoms with Gasteiger partial charge in [0.05, 0.1) is 0 Å². The monoisotopic (exact) mass is 240 g/mol. The second-order valence-electron chi connectivity index (χ2n) is 4.97. The van der Waals surface area contributed by atoms with Gasteiger partial charge in [-0.15, -0.1) is 0 Å². The van der Waals surface area contributed by atoms with Crippen LogP contribution in [0.5, 0.6) is 0 Å². The van der Waals surface area contributed by atoms with Crippen molar-refractivity contribution in [3.8, 4) is 0 Å². The maximum Gasteiger partial charge on any atom is 0.00998 e. The molecule has 0 aliphatic rings. The minimum Gasteiger partial charge on any atom is -0.0993 e. The molecule has 0 amide bonds. The van der Waals surface area contributed by atoms with E-state index in [2.05, 4.69) is 69.8 Å². The summed E-state index contributed by atoms with van der Waals surface area (Å²) in [6, 6.07) is 15.1. The van der Waals surface area contributed by atoms with E-state index in [9.17, 15) is 0 Å². The Morgan fingerprint density at radius 2 is 1.50 bits per heavy atom. The number of allylic oxidation sites excluding steroid dienone is 1. The van der Waals surface area contributed by atoms with Crippen molar-refractivity contribution in [3.63, 3.8) is 0 Å². The average Bonchev–Trinajstić information content (AvgIpc) is 2.40. The van der Waals surface area contributed by atoms with Crippen molar-refractivity contribution in [1.29, 1.82) is 0 Å². The molecule has 0 fully saturated rings. The first-order valence-electron chi connectivity index (χ1n) is 6.67. The van der Waals surface area contributed by atoms with E-state index in [1.165, 1.54) is 21.9 Å². The normalized spacial score (nSPS) is 10.7. The van der Waals surface area contributed by atoms with Gasteiger partial charge >= 0.3 is 0 Å². The van der Waals surface area contributed by atoms with Crippen molar-refractivity contribution in [1.82, 2.24) is 0 Å². The predicted octanol–water partition coefficient (Wildman–Crippen LogP) is 5.72. The number of benzene rings is 2. The van der Waals surface area contributed by atoms with Crippen molar-refractivity contribution in [3.05, 3.63) is 60.2 Å². The molecule has 0 heteroatoms. The van der Waals surface area contributed by atoms with E-state index < -0.39 is 0 Å². The van der Waals surface area contributed by atoms with Crippen molar-refractivity contribution < 1.29 is 0 Å². The van der Waals surface area contributed by atoms with Crippen LogP contribution in [-0.4, -0.2) is 0 Å². The lowest BCUT2D eigenvalue weighted by Crippen LogP contribution is -2.17. The summed E-state index contributed by atoms with van der Waals surface area (Å²) >= 11 is 0. The molecule has 0 saturated heterocycles. The Labute approximate surface area is 111 Å². The van der Waals surface area contributed by atoms with Gasteiger partial charge in [-0.05, 0) is 23.3 Å². The fraction of sp³-hybridized carbons (Fsp3) is 0.333. The van der Waals surface area contributed by atoms with Gasteiger partial charge in [0.25, 0.3) is 0 Å². The maximum atomic E-state index is 4.08. The Bertz CT molecular complexity index is 532. The molecule has 2 aromatic carbocycles. The molecule has 0 nitrogen and oxygen atoms in total. The topological polar surface area (TPSA) is 0 Å². The molecule has 0 N–H and O–H groups in total.